The van der Waals surface area contributed by atoms with Gasteiger partial charge in [-0.05, 0) is 76.5 Å². The summed E-state index contributed by atoms with van der Waals surface area (Å²) in [6, 6.07) is 0. The first kappa shape index (κ1) is 18.8. The van der Waals surface area contributed by atoms with Crippen LogP contribution < -0.4 is 5.32 Å². The van der Waals surface area contributed by atoms with E-state index in [-0.39, 0.29) is 5.91 Å². The molecule has 0 saturated carbocycles. The lowest BCUT2D eigenvalue weighted by atomic mass is 9.72. The fourth-order valence-electron chi connectivity index (χ4n) is 5.01. The third kappa shape index (κ3) is 4.66. The first-order valence-electron chi connectivity index (χ1n) is 10.6. The highest BCUT2D eigenvalue weighted by Gasteiger charge is 2.41. The van der Waals surface area contributed by atoms with Crippen molar-refractivity contribution < 1.29 is 4.79 Å². The normalized spacial score (nSPS) is 26.5. The quantitative estimate of drug-likeness (QED) is 0.877. The number of nitrogens with one attached hydrogen (secondary N) is 1. The van der Waals surface area contributed by atoms with E-state index in [0.717, 1.165) is 30.3 Å². The van der Waals surface area contributed by atoms with E-state index in [1.165, 1.54) is 58.4 Å². The summed E-state index contributed by atoms with van der Waals surface area (Å²) in [6.45, 7) is 9.41. The summed E-state index contributed by atoms with van der Waals surface area (Å²) < 4.78 is 0. The molecule has 1 spiro atoms. The summed E-state index contributed by atoms with van der Waals surface area (Å²) in [5.74, 6) is 1.09. The minimum absolute atomic E-state index is 0.277. The second-order valence-corrected chi connectivity index (χ2v) is 8.91. The average Bonchev–Trinajstić information content (AvgIpc) is 2.69. The predicted molar refractivity (Wildman–Crippen MR) is 105 cm³/mol. The van der Waals surface area contributed by atoms with Crippen molar-refractivity contribution in [2.24, 2.45) is 11.3 Å². The van der Waals surface area contributed by atoms with Crippen molar-refractivity contribution in [1.82, 2.24) is 25.1 Å². The molecule has 3 saturated heterocycles. The van der Waals surface area contributed by atoms with Gasteiger partial charge in [0.15, 0.2) is 0 Å². The van der Waals surface area contributed by atoms with Gasteiger partial charge in [-0.15, -0.1) is 0 Å². The molecule has 1 amide bonds. The summed E-state index contributed by atoms with van der Waals surface area (Å²) >= 11 is 0. The van der Waals surface area contributed by atoms with Crippen LogP contribution in [0.3, 0.4) is 0 Å². The van der Waals surface area contributed by atoms with Gasteiger partial charge in [-0.3, -0.25) is 14.8 Å². The molecule has 4 rings (SSSR count). The number of piperidine rings is 3. The van der Waals surface area contributed by atoms with E-state index in [4.69, 9.17) is 0 Å². The van der Waals surface area contributed by atoms with E-state index >= 15 is 0 Å². The summed E-state index contributed by atoms with van der Waals surface area (Å²) in [7, 11) is 0. The molecule has 27 heavy (non-hydrogen) atoms. The van der Waals surface area contributed by atoms with Crippen LogP contribution in [0.4, 0.5) is 0 Å². The number of hydrogen-bond donors (Lipinski definition) is 1. The van der Waals surface area contributed by atoms with Crippen molar-refractivity contribution in [2.45, 2.75) is 52.0 Å². The van der Waals surface area contributed by atoms with Crippen LogP contribution in [0.2, 0.25) is 0 Å². The Kier molecular flexibility index (Phi) is 5.74. The highest BCUT2D eigenvalue weighted by atomic mass is 16.2. The van der Waals surface area contributed by atoms with E-state index in [1.807, 2.05) is 18.0 Å². The van der Waals surface area contributed by atoms with E-state index in [1.54, 1.807) is 6.20 Å². The summed E-state index contributed by atoms with van der Waals surface area (Å²) in [4.78, 5) is 25.9. The van der Waals surface area contributed by atoms with E-state index in [9.17, 15) is 4.79 Å². The Morgan fingerprint density at radius 3 is 2.78 bits per heavy atom. The van der Waals surface area contributed by atoms with Gasteiger partial charge in [0.1, 0.15) is 0 Å². The number of carbonyl (C=O) groups excluding carboxylic acids is 1. The predicted octanol–water partition coefficient (Wildman–Crippen LogP) is 1.99. The number of aromatic nitrogens is 2. The smallest absolute Gasteiger partial charge is 0.222 e. The van der Waals surface area contributed by atoms with Crippen molar-refractivity contribution in [3.63, 3.8) is 0 Å². The summed E-state index contributed by atoms with van der Waals surface area (Å²) in [6.07, 6.45) is 10.5. The van der Waals surface area contributed by atoms with Gasteiger partial charge < -0.3 is 15.1 Å². The summed E-state index contributed by atoms with van der Waals surface area (Å²) in [5, 5.41) is 3.54. The number of carbonyl (C=O) groups is 1. The largest absolute Gasteiger partial charge is 0.336 e. The molecule has 3 aliphatic rings. The van der Waals surface area contributed by atoms with Crippen LogP contribution >= 0.6 is 0 Å². The van der Waals surface area contributed by atoms with Crippen LogP contribution in [-0.4, -0.2) is 64.9 Å². The van der Waals surface area contributed by atoms with Crippen LogP contribution in [0, 0.1) is 18.3 Å². The third-order valence-electron chi connectivity index (χ3n) is 6.77. The van der Waals surface area contributed by atoms with Gasteiger partial charge in [-0.1, -0.05) is 0 Å². The first-order chi connectivity index (χ1) is 13.1. The van der Waals surface area contributed by atoms with Crippen molar-refractivity contribution >= 4 is 5.91 Å². The zero-order valence-electron chi connectivity index (χ0n) is 16.6. The van der Waals surface area contributed by atoms with Crippen molar-refractivity contribution in [1.29, 1.82) is 0 Å². The van der Waals surface area contributed by atoms with Gasteiger partial charge in [-0.25, -0.2) is 0 Å². The SMILES string of the molecule is Cc1cnc(CN2CC3(CCC2=O)CCN(CC2CCCNC2)CC3)cn1. The molecule has 0 radical (unpaired) electrons. The van der Waals surface area contributed by atoms with Crippen LogP contribution in [-0.2, 0) is 11.3 Å². The Morgan fingerprint density at radius 1 is 1.22 bits per heavy atom. The zero-order valence-corrected chi connectivity index (χ0v) is 16.6. The Morgan fingerprint density at radius 2 is 2.07 bits per heavy atom. The fraction of sp³-hybridized carbons (Fsp3) is 0.762. The van der Waals surface area contributed by atoms with Crippen LogP contribution in [0.25, 0.3) is 0 Å². The zero-order chi connectivity index (χ0) is 18.7. The number of hydrogen-bond acceptors (Lipinski definition) is 5. The van der Waals surface area contributed by atoms with Gasteiger partial charge in [0.05, 0.1) is 24.1 Å². The molecule has 1 atom stereocenters. The number of likely N-dealkylation sites (tertiary alicyclic amines) is 2. The topological polar surface area (TPSA) is 61.4 Å². The van der Waals surface area contributed by atoms with E-state index in [0.29, 0.717) is 18.4 Å². The monoisotopic (exact) mass is 371 g/mol. The maximum Gasteiger partial charge on any atom is 0.222 e. The molecule has 0 aliphatic carbocycles. The molecule has 6 nitrogen and oxygen atoms in total. The first-order valence-corrected chi connectivity index (χ1v) is 10.6. The second kappa shape index (κ2) is 8.23. The molecule has 4 heterocycles. The molecule has 0 aromatic carbocycles. The van der Waals surface area contributed by atoms with Crippen molar-refractivity contribution in [3.8, 4) is 0 Å². The lowest BCUT2D eigenvalue weighted by molar-refractivity contribution is -0.140. The van der Waals surface area contributed by atoms with Gasteiger partial charge in [0.2, 0.25) is 5.91 Å². The maximum atomic E-state index is 12.5. The number of aryl methyl sites for hydroxylation is 1. The Bertz CT molecular complexity index is 632. The maximum absolute atomic E-state index is 12.5. The minimum Gasteiger partial charge on any atom is -0.336 e. The molecular formula is C21H33N5O. The lowest BCUT2D eigenvalue weighted by Crippen LogP contribution is -2.52. The molecule has 148 valence electrons. The van der Waals surface area contributed by atoms with Crippen LogP contribution in [0.5, 0.6) is 0 Å². The van der Waals surface area contributed by atoms with E-state index < -0.39 is 0 Å². The third-order valence-corrected chi connectivity index (χ3v) is 6.77. The molecule has 6 heteroatoms. The standard InChI is InChI=1S/C21H33N5O/c1-17-11-24-19(13-23-17)15-26-16-21(5-4-20(26)27)6-9-25(10-7-21)14-18-3-2-8-22-12-18/h11,13,18,22H,2-10,12,14-16H2,1H3. The van der Waals surface area contributed by atoms with Gasteiger partial charge in [0, 0.05) is 25.7 Å². The van der Waals surface area contributed by atoms with Gasteiger partial charge >= 0.3 is 0 Å². The number of rotatable bonds is 4. The second-order valence-electron chi connectivity index (χ2n) is 8.91. The van der Waals surface area contributed by atoms with E-state index in [2.05, 4.69) is 20.2 Å². The fourth-order valence-corrected chi connectivity index (χ4v) is 5.01. The molecule has 1 aromatic heterocycles. The molecular weight excluding hydrogens is 338 g/mol. The Hall–Kier alpha value is -1.53. The Balaban J connectivity index is 1.32. The van der Waals surface area contributed by atoms with Gasteiger partial charge in [0.25, 0.3) is 0 Å². The summed E-state index contributed by atoms with van der Waals surface area (Å²) in [5.41, 5.74) is 2.13. The molecule has 0 bridgehead atoms. The highest BCUT2D eigenvalue weighted by Crippen LogP contribution is 2.40. The average molecular weight is 372 g/mol. The molecule has 3 aliphatic heterocycles. The Labute approximate surface area is 162 Å². The molecule has 1 unspecified atom stereocenters. The lowest BCUT2D eigenvalue weighted by Gasteiger charge is -2.48. The van der Waals surface area contributed by atoms with Crippen LogP contribution in [0.1, 0.15) is 49.9 Å². The molecule has 1 N–H and O–H groups in total. The van der Waals surface area contributed by atoms with Crippen molar-refractivity contribution in [2.75, 3.05) is 39.3 Å². The minimum atomic E-state index is 0.277. The number of nitrogens with zero attached hydrogens (tertiary/aromatic N) is 4. The van der Waals surface area contributed by atoms with Crippen molar-refractivity contribution in [3.05, 3.63) is 23.8 Å². The van der Waals surface area contributed by atoms with Crippen LogP contribution in [0.15, 0.2) is 12.4 Å². The number of amides is 1. The molecule has 3 fully saturated rings. The molecule has 1 aromatic rings. The highest BCUT2D eigenvalue weighted by molar-refractivity contribution is 5.77. The van der Waals surface area contributed by atoms with Gasteiger partial charge in [-0.2, -0.15) is 0 Å².